The zero-order valence-electron chi connectivity index (χ0n) is 39.0. The van der Waals surface area contributed by atoms with Crippen molar-refractivity contribution in [3.63, 3.8) is 0 Å². The third-order valence-corrected chi connectivity index (χ3v) is 11.0. The Morgan fingerprint density at radius 2 is 0.911 bits per heavy atom. The zero-order chi connectivity index (χ0) is 44.6. The Morgan fingerprint density at radius 3 is 1.68 bits per heavy atom. The Balaban J connectivity index is 1.16. The van der Waals surface area contributed by atoms with Crippen LogP contribution < -0.4 is 4.90 Å². The molecule has 0 heterocycles. The lowest BCUT2D eigenvalue weighted by atomic mass is 9.79. The first kappa shape index (κ1) is 26.0. The molecule has 0 spiro atoms. The van der Waals surface area contributed by atoms with Crippen molar-refractivity contribution in [3.8, 4) is 55.6 Å². The van der Waals surface area contributed by atoms with E-state index in [1.54, 1.807) is 42.5 Å². The number of anilines is 3. The molecule has 0 radical (unpaired) electrons. The minimum absolute atomic E-state index is 0.108. The average molecular weight is 724 g/mol. The highest BCUT2D eigenvalue weighted by molar-refractivity contribution is 5.97. The van der Waals surface area contributed by atoms with Crippen molar-refractivity contribution in [2.75, 3.05) is 4.90 Å². The van der Waals surface area contributed by atoms with E-state index in [0.717, 1.165) is 38.6 Å². The van der Waals surface area contributed by atoms with E-state index in [1.165, 1.54) is 21.6 Å². The second kappa shape index (κ2) is 13.7. The number of hydrogen-bond donors (Lipinski definition) is 0. The fourth-order valence-electron chi connectivity index (χ4n) is 8.30. The van der Waals surface area contributed by atoms with Gasteiger partial charge in [0.2, 0.25) is 0 Å². The molecule has 1 nitrogen and oxygen atoms in total. The third-order valence-electron chi connectivity index (χ3n) is 11.0. The van der Waals surface area contributed by atoms with Gasteiger partial charge in [0.1, 0.15) is 0 Å². The Bertz CT molecular complexity index is 3280. The molecule has 10 rings (SSSR count). The second-order valence-electron chi connectivity index (χ2n) is 14.7. The molecule has 0 aromatic heterocycles. The van der Waals surface area contributed by atoms with E-state index < -0.39 is 0 Å². The summed E-state index contributed by atoms with van der Waals surface area (Å²) in [5.74, 6) is 0. The second-order valence-corrected chi connectivity index (χ2v) is 14.7. The van der Waals surface area contributed by atoms with Crippen molar-refractivity contribution >= 4 is 27.8 Å². The molecule has 0 aliphatic heterocycles. The van der Waals surface area contributed by atoms with Gasteiger partial charge in [0, 0.05) is 22.5 Å². The van der Waals surface area contributed by atoms with Gasteiger partial charge in [-0.1, -0.05) is 184 Å². The van der Waals surface area contributed by atoms with Crippen molar-refractivity contribution in [2.45, 2.75) is 19.3 Å². The standard InChI is InChI=1S/C55H41N/c1-55(2)53-24-9-8-20-51(53)52-23-12-22-50(54(52)55)42-29-35-47(36-30-42)56(45-31-25-39(26-32-45)38-13-4-3-5-14-38)46-33-27-40(28-34-46)43-17-10-18-44(37-43)49-21-11-16-41-15-6-7-19-48(41)49/h3-37H,1-2H3/i25D,26D,27D,28D,31D,32D,33D,34D. The molecule has 1 aliphatic rings. The van der Waals surface area contributed by atoms with Gasteiger partial charge in [-0.05, 0) is 120 Å². The highest BCUT2D eigenvalue weighted by atomic mass is 15.1. The molecule has 0 fully saturated rings. The quantitative estimate of drug-likeness (QED) is 0.158. The van der Waals surface area contributed by atoms with Crippen molar-refractivity contribution < 1.29 is 11.0 Å². The summed E-state index contributed by atoms with van der Waals surface area (Å²) in [5.41, 5.74) is 9.49. The van der Waals surface area contributed by atoms with Crippen LogP contribution in [0.3, 0.4) is 0 Å². The first-order chi connectivity index (χ1) is 30.9. The summed E-state index contributed by atoms with van der Waals surface area (Å²) in [7, 11) is 0. The number of nitrogens with zero attached hydrogens (tertiary/aromatic N) is 1. The Kier molecular flexibility index (Phi) is 6.36. The van der Waals surface area contributed by atoms with Crippen LogP contribution in [0.25, 0.3) is 66.4 Å². The van der Waals surface area contributed by atoms with E-state index in [2.05, 4.69) is 56.3 Å². The van der Waals surface area contributed by atoms with Crippen LogP contribution in [-0.4, -0.2) is 0 Å². The molecule has 9 aromatic carbocycles. The Labute approximate surface area is 341 Å². The topological polar surface area (TPSA) is 3.24 Å². The highest BCUT2D eigenvalue weighted by Crippen LogP contribution is 2.52. The largest absolute Gasteiger partial charge is 0.311 e. The molecule has 0 unspecified atom stereocenters. The van der Waals surface area contributed by atoms with Gasteiger partial charge in [-0.25, -0.2) is 0 Å². The maximum absolute atomic E-state index is 9.62. The monoisotopic (exact) mass is 723 g/mol. The van der Waals surface area contributed by atoms with E-state index in [1.807, 2.05) is 78.9 Å². The normalized spacial score (nSPS) is 14.6. The number of benzene rings is 9. The van der Waals surface area contributed by atoms with Gasteiger partial charge in [0.05, 0.1) is 11.0 Å². The van der Waals surface area contributed by atoms with Gasteiger partial charge in [0.15, 0.2) is 0 Å². The maximum Gasteiger partial charge on any atom is 0.0645 e. The van der Waals surface area contributed by atoms with Crippen LogP contribution in [0.15, 0.2) is 212 Å². The SMILES string of the molecule is [2H]c1c([2H])c(N(c2ccc(-c3cccc4c3C(C)(C)c3ccccc3-4)cc2)c2c([2H])c([2H])c(-c3cccc(-c4cccc5ccccc45)c3)c([2H])c2[2H])c([2H])c([2H])c1-c1ccccc1. The summed E-state index contributed by atoms with van der Waals surface area (Å²) in [6.45, 7) is 4.45. The molecule has 266 valence electrons. The van der Waals surface area contributed by atoms with Crippen LogP contribution in [-0.2, 0) is 5.41 Å². The molecule has 0 bridgehead atoms. The predicted molar refractivity (Wildman–Crippen MR) is 238 cm³/mol. The summed E-state index contributed by atoms with van der Waals surface area (Å²) >= 11 is 0. The molecular weight excluding hydrogens is 675 g/mol. The van der Waals surface area contributed by atoms with Crippen LogP contribution >= 0.6 is 0 Å². The van der Waals surface area contributed by atoms with Crippen LogP contribution in [0.5, 0.6) is 0 Å². The lowest BCUT2D eigenvalue weighted by Crippen LogP contribution is -2.16. The van der Waals surface area contributed by atoms with E-state index in [9.17, 15) is 11.0 Å². The van der Waals surface area contributed by atoms with Gasteiger partial charge in [-0.15, -0.1) is 0 Å². The summed E-state index contributed by atoms with van der Waals surface area (Å²) in [4.78, 5) is 1.37. The highest BCUT2D eigenvalue weighted by Gasteiger charge is 2.37. The van der Waals surface area contributed by atoms with Gasteiger partial charge in [-0.3, -0.25) is 0 Å². The van der Waals surface area contributed by atoms with E-state index in [0.29, 0.717) is 16.8 Å². The van der Waals surface area contributed by atoms with Gasteiger partial charge in [-0.2, -0.15) is 0 Å². The van der Waals surface area contributed by atoms with Crippen molar-refractivity contribution in [3.05, 3.63) is 223 Å². The van der Waals surface area contributed by atoms with Crippen molar-refractivity contribution in [2.24, 2.45) is 0 Å². The molecule has 1 heteroatoms. The minimum Gasteiger partial charge on any atom is -0.311 e. The third kappa shape index (κ3) is 5.81. The summed E-state index contributed by atoms with van der Waals surface area (Å²) < 4.78 is 75.6. The van der Waals surface area contributed by atoms with Crippen LogP contribution in [0.4, 0.5) is 17.1 Å². The average Bonchev–Trinajstić information content (AvgIpc) is 3.56. The van der Waals surface area contributed by atoms with Gasteiger partial charge in [0.25, 0.3) is 0 Å². The molecule has 0 atom stereocenters. The molecule has 0 saturated carbocycles. The van der Waals surface area contributed by atoms with Crippen LogP contribution in [0, 0.1) is 0 Å². The fourth-order valence-corrected chi connectivity index (χ4v) is 8.30. The maximum atomic E-state index is 9.62. The summed E-state index contributed by atoms with van der Waals surface area (Å²) in [6, 6.07) is 49.9. The molecule has 0 N–H and O–H groups in total. The van der Waals surface area contributed by atoms with Crippen LogP contribution in [0.2, 0.25) is 0 Å². The van der Waals surface area contributed by atoms with Gasteiger partial charge < -0.3 is 4.90 Å². The van der Waals surface area contributed by atoms with E-state index >= 15 is 0 Å². The fraction of sp³-hybridized carbons (Fsp3) is 0.0545. The molecule has 1 aliphatic carbocycles. The summed E-state index contributed by atoms with van der Waals surface area (Å²) in [6.07, 6.45) is 0. The van der Waals surface area contributed by atoms with Gasteiger partial charge >= 0.3 is 0 Å². The zero-order valence-corrected chi connectivity index (χ0v) is 31.0. The molecule has 0 amide bonds. The Morgan fingerprint density at radius 1 is 0.375 bits per heavy atom. The smallest absolute Gasteiger partial charge is 0.0645 e. The summed E-state index contributed by atoms with van der Waals surface area (Å²) in [5, 5.41) is 2.11. The molecule has 56 heavy (non-hydrogen) atoms. The van der Waals surface area contributed by atoms with E-state index in [-0.39, 0.29) is 76.3 Å². The first-order valence-electron chi connectivity index (χ1n) is 22.9. The van der Waals surface area contributed by atoms with Crippen LogP contribution in [0.1, 0.15) is 35.9 Å². The van der Waals surface area contributed by atoms with Crippen molar-refractivity contribution in [1.82, 2.24) is 0 Å². The van der Waals surface area contributed by atoms with Crippen molar-refractivity contribution in [1.29, 1.82) is 0 Å². The lowest BCUT2D eigenvalue weighted by molar-refractivity contribution is 0.662. The molecule has 9 aromatic rings. The predicted octanol–water partition coefficient (Wildman–Crippen LogP) is 15.3. The number of rotatable bonds is 7. The minimum atomic E-state index is -0.389. The first-order valence-corrected chi connectivity index (χ1v) is 18.9. The molecular formula is C55H41N. The number of fused-ring (bicyclic) bond motifs is 4. The lowest BCUT2D eigenvalue weighted by Gasteiger charge is -2.27. The van der Waals surface area contributed by atoms with E-state index in [4.69, 9.17) is 0 Å². The molecule has 0 saturated heterocycles. The Hall–Kier alpha value is -6.96. The number of hydrogen-bond acceptors (Lipinski definition) is 1.